The van der Waals surface area contributed by atoms with E-state index in [0.29, 0.717) is 50.4 Å². The molecule has 28 heavy (non-hydrogen) atoms. The van der Waals surface area contributed by atoms with E-state index in [2.05, 4.69) is 6.58 Å². The number of hydrogen-bond acceptors (Lipinski definition) is 3. The Morgan fingerprint density at radius 2 is 1.57 bits per heavy atom. The van der Waals surface area contributed by atoms with Crippen LogP contribution in [-0.4, -0.2) is 58.1 Å². The molecule has 0 aliphatic carbocycles. The Labute approximate surface area is 164 Å². The summed E-state index contributed by atoms with van der Waals surface area (Å²) in [5, 5.41) is 0. The highest BCUT2D eigenvalue weighted by molar-refractivity contribution is 6.08. The van der Waals surface area contributed by atoms with Gasteiger partial charge in [0.1, 0.15) is 0 Å². The highest BCUT2D eigenvalue weighted by atomic mass is 16.2. The summed E-state index contributed by atoms with van der Waals surface area (Å²) in [4.78, 5) is 41.1. The third kappa shape index (κ3) is 3.15. The van der Waals surface area contributed by atoms with Crippen LogP contribution in [0.2, 0.25) is 0 Å². The zero-order valence-electron chi connectivity index (χ0n) is 15.7. The third-order valence-electron chi connectivity index (χ3n) is 5.66. The molecule has 1 fully saturated rings. The van der Waals surface area contributed by atoms with E-state index in [-0.39, 0.29) is 23.5 Å². The van der Waals surface area contributed by atoms with Crippen LogP contribution in [0.5, 0.6) is 0 Å². The van der Waals surface area contributed by atoms with E-state index >= 15 is 0 Å². The second kappa shape index (κ2) is 7.46. The number of nitrogens with zero attached hydrogens (tertiary/aromatic N) is 3. The second-order valence-electron chi connectivity index (χ2n) is 7.19. The minimum Gasteiger partial charge on any atom is -0.341 e. The number of aromatic nitrogens is 1. The van der Waals surface area contributed by atoms with Gasteiger partial charge in [0, 0.05) is 44.0 Å². The summed E-state index contributed by atoms with van der Waals surface area (Å²) in [6.07, 6.45) is 2.02. The van der Waals surface area contributed by atoms with Crippen molar-refractivity contribution in [2.75, 3.05) is 26.2 Å². The van der Waals surface area contributed by atoms with Gasteiger partial charge in [0.05, 0.1) is 11.6 Å². The zero-order chi connectivity index (χ0) is 19.7. The van der Waals surface area contributed by atoms with Crippen molar-refractivity contribution in [2.45, 2.75) is 18.9 Å². The average Bonchev–Trinajstić information content (AvgIpc) is 3.35. The van der Waals surface area contributed by atoms with E-state index < -0.39 is 0 Å². The van der Waals surface area contributed by atoms with Crippen LogP contribution < -0.4 is 0 Å². The van der Waals surface area contributed by atoms with Crippen LogP contribution in [0.4, 0.5) is 0 Å². The van der Waals surface area contributed by atoms with Gasteiger partial charge in [-0.05, 0) is 24.6 Å². The maximum absolute atomic E-state index is 13.1. The molecule has 2 aliphatic rings. The van der Waals surface area contributed by atoms with Crippen molar-refractivity contribution < 1.29 is 14.4 Å². The van der Waals surface area contributed by atoms with Crippen molar-refractivity contribution in [3.8, 4) is 0 Å². The SMILES string of the molecule is C=CC(=O)N1CCN(C(=O)C2CCn3c(C(=O)c4ccccc4)ccc32)CC1. The van der Waals surface area contributed by atoms with Gasteiger partial charge in [-0.15, -0.1) is 0 Å². The van der Waals surface area contributed by atoms with Crippen molar-refractivity contribution in [2.24, 2.45) is 0 Å². The summed E-state index contributed by atoms with van der Waals surface area (Å²) in [6, 6.07) is 12.9. The summed E-state index contributed by atoms with van der Waals surface area (Å²) < 4.78 is 1.98. The van der Waals surface area contributed by atoms with Gasteiger partial charge in [-0.1, -0.05) is 36.9 Å². The molecule has 3 heterocycles. The molecule has 2 aliphatic heterocycles. The summed E-state index contributed by atoms with van der Waals surface area (Å²) >= 11 is 0. The molecule has 144 valence electrons. The van der Waals surface area contributed by atoms with Crippen molar-refractivity contribution in [3.63, 3.8) is 0 Å². The highest BCUT2D eigenvalue weighted by Crippen LogP contribution is 2.33. The molecule has 2 aromatic rings. The summed E-state index contributed by atoms with van der Waals surface area (Å²) in [5.41, 5.74) is 2.20. The first-order valence-corrected chi connectivity index (χ1v) is 9.59. The van der Waals surface area contributed by atoms with Crippen LogP contribution in [-0.2, 0) is 16.1 Å². The van der Waals surface area contributed by atoms with E-state index in [1.807, 2.05) is 51.9 Å². The van der Waals surface area contributed by atoms with Gasteiger partial charge in [-0.25, -0.2) is 0 Å². The lowest BCUT2D eigenvalue weighted by Crippen LogP contribution is -2.51. The molecule has 6 nitrogen and oxygen atoms in total. The van der Waals surface area contributed by atoms with Crippen molar-refractivity contribution >= 4 is 17.6 Å². The fraction of sp³-hybridized carbons (Fsp3) is 0.318. The molecule has 1 saturated heterocycles. The summed E-state index contributed by atoms with van der Waals surface area (Å²) in [6.45, 7) is 6.31. The molecule has 1 aromatic carbocycles. The van der Waals surface area contributed by atoms with Gasteiger partial charge in [-0.2, -0.15) is 0 Å². The standard InChI is InChI=1S/C22H23N3O3/c1-2-20(26)23-12-14-24(15-13-23)22(28)17-10-11-25-18(17)8-9-19(25)21(27)16-6-4-3-5-7-16/h2-9,17H,1,10-15H2. The Bertz CT molecular complexity index is 924. The Balaban J connectivity index is 1.48. The molecule has 6 heteroatoms. The Kier molecular flexibility index (Phi) is 4.86. The quantitative estimate of drug-likeness (QED) is 0.605. The minimum absolute atomic E-state index is 0.0171. The molecule has 0 saturated carbocycles. The second-order valence-corrected chi connectivity index (χ2v) is 7.19. The molecule has 2 amide bonds. The largest absolute Gasteiger partial charge is 0.341 e. The fourth-order valence-corrected chi connectivity index (χ4v) is 4.13. The van der Waals surface area contributed by atoms with E-state index in [4.69, 9.17) is 0 Å². The smallest absolute Gasteiger partial charge is 0.246 e. The first-order valence-electron chi connectivity index (χ1n) is 9.59. The molecule has 0 N–H and O–H groups in total. The van der Waals surface area contributed by atoms with Crippen LogP contribution in [0.1, 0.15) is 34.1 Å². The van der Waals surface area contributed by atoms with Gasteiger partial charge in [-0.3, -0.25) is 14.4 Å². The normalized spacial score (nSPS) is 18.6. The van der Waals surface area contributed by atoms with Crippen LogP contribution >= 0.6 is 0 Å². The van der Waals surface area contributed by atoms with Crippen molar-refractivity contribution in [1.29, 1.82) is 0 Å². The number of ketones is 1. The fourth-order valence-electron chi connectivity index (χ4n) is 4.13. The number of hydrogen-bond donors (Lipinski definition) is 0. The van der Waals surface area contributed by atoms with E-state index in [0.717, 1.165) is 5.69 Å². The lowest BCUT2D eigenvalue weighted by atomic mass is 10.0. The van der Waals surface area contributed by atoms with Crippen LogP contribution in [0, 0.1) is 0 Å². The predicted octanol–water partition coefficient (Wildman–Crippen LogP) is 2.06. The molecule has 1 aromatic heterocycles. The number of carbonyl (C=O) groups is 3. The van der Waals surface area contributed by atoms with Crippen molar-refractivity contribution in [3.05, 3.63) is 72.1 Å². The van der Waals surface area contributed by atoms with Crippen LogP contribution in [0.3, 0.4) is 0 Å². The maximum Gasteiger partial charge on any atom is 0.246 e. The molecule has 4 rings (SSSR count). The van der Waals surface area contributed by atoms with Crippen molar-refractivity contribution in [1.82, 2.24) is 14.4 Å². The number of carbonyl (C=O) groups excluding carboxylic acids is 3. The number of piperazine rings is 1. The monoisotopic (exact) mass is 377 g/mol. The van der Waals surface area contributed by atoms with E-state index in [1.165, 1.54) is 6.08 Å². The predicted molar refractivity (Wildman–Crippen MR) is 105 cm³/mol. The molecule has 0 radical (unpaired) electrons. The van der Waals surface area contributed by atoms with Gasteiger partial charge >= 0.3 is 0 Å². The number of benzene rings is 1. The topological polar surface area (TPSA) is 62.6 Å². The lowest BCUT2D eigenvalue weighted by molar-refractivity contribution is -0.138. The Morgan fingerprint density at radius 3 is 2.25 bits per heavy atom. The van der Waals surface area contributed by atoms with Crippen LogP contribution in [0.15, 0.2) is 55.1 Å². The summed E-state index contributed by atoms with van der Waals surface area (Å²) in [7, 11) is 0. The Morgan fingerprint density at radius 1 is 0.893 bits per heavy atom. The average molecular weight is 377 g/mol. The maximum atomic E-state index is 13.1. The van der Waals surface area contributed by atoms with Crippen LogP contribution in [0.25, 0.3) is 0 Å². The summed E-state index contributed by atoms with van der Waals surface area (Å²) in [5.74, 6) is -0.248. The minimum atomic E-state index is -0.223. The first-order chi connectivity index (χ1) is 13.6. The van der Waals surface area contributed by atoms with Gasteiger partial charge in [0.2, 0.25) is 17.6 Å². The molecule has 1 atom stereocenters. The van der Waals surface area contributed by atoms with E-state index in [1.54, 1.807) is 4.90 Å². The Hall–Kier alpha value is -3.15. The molecule has 0 spiro atoms. The number of amides is 2. The van der Waals surface area contributed by atoms with Gasteiger partial charge in [0.25, 0.3) is 0 Å². The van der Waals surface area contributed by atoms with E-state index in [9.17, 15) is 14.4 Å². The molecule has 1 unspecified atom stereocenters. The molecular weight excluding hydrogens is 354 g/mol. The molecule has 0 bridgehead atoms. The number of rotatable bonds is 4. The third-order valence-corrected chi connectivity index (χ3v) is 5.66. The molecular formula is C22H23N3O3. The number of fused-ring (bicyclic) bond motifs is 1. The van der Waals surface area contributed by atoms with Gasteiger partial charge in [0.15, 0.2) is 0 Å². The first kappa shape index (κ1) is 18.2. The highest BCUT2D eigenvalue weighted by Gasteiger charge is 2.35. The zero-order valence-corrected chi connectivity index (χ0v) is 15.7. The van der Waals surface area contributed by atoms with Gasteiger partial charge < -0.3 is 14.4 Å². The lowest BCUT2D eigenvalue weighted by Gasteiger charge is -2.35.